The van der Waals surface area contributed by atoms with Gasteiger partial charge in [0.15, 0.2) is 0 Å². The monoisotopic (exact) mass is 417 g/mol. The molecule has 156 valence electrons. The molecule has 7 heteroatoms. The Balaban J connectivity index is 2.12. The first-order chi connectivity index (χ1) is 14.0. The number of anilines is 1. The van der Waals surface area contributed by atoms with E-state index in [1.165, 1.54) is 11.3 Å². The van der Waals surface area contributed by atoms with E-state index in [0.29, 0.717) is 23.6 Å². The number of ether oxygens (including phenoxy) is 2. The average molecular weight is 418 g/mol. The smallest absolute Gasteiger partial charge is 0.341 e. The van der Waals surface area contributed by atoms with Crippen molar-refractivity contribution in [1.82, 2.24) is 0 Å². The zero-order valence-electron chi connectivity index (χ0n) is 17.0. The minimum atomic E-state index is -0.461. The fourth-order valence-electron chi connectivity index (χ4n) is 2.80. The molecule has 0 radical (unpaired) electrons. The minimum absolute atomic E-state index is 0.0730. The summed E-state index contributed by atoms with van der Waals surface area (Å²) in [5, 5.41) is 3.28. The Morgan fingerprint density at radius 3 is 2.38 bits per heavy atom. The lowest BCUT2D eigenvalue weighted by molar-refractivity contribution is -0.143. The van der Waals surface area contributed by atoms with Crippen molar-refractivity contribution in [1.29, 1.82) is 0 Å². The van der Waals surface area contributed by atoms with Crippen molar-refractivity contribution in [3.05, 3.63) is 52.4 Å². The molecule has 0 bridgehead atoms. The van der Waals surface area contributed by atoms with Crippen LogP contribution in [-0.4, -0.2) is 31.1 Å². The van der Waals surface area contributed by atoms with Crippen LogP contribution in [0, 0.1) is 0 Å². The molecule has 1 amide bonds. The predicted molar refractivity (Wildman–Crippen MR) is 113 cm³/mol. The molecule has 1 aromatic carbocycles. The van der Waals surface area contributed by atoms with E-state index in [1.807, 2.05) is 30.3 Å². The first-order valence-electron chi connectivity index (χ1n) is 9.77. The number of hydrogen-bond donors (Lipinski definition) is 1. The highest BCUT2D eigenvalue weighted by molar-refractivity contribution is 7.16. The van der Waals surface area contributed by atoms with Crippen LogP contribution in [0.2, 0.25) is 0 Å². The Morgan fingerprint density at radius 1 is 1.03 bits per heavy atom. The van der Waals surface area contributed by atoms with Gasteiger partial charge in [0.05, 0.1) is 18.8 Å². The van der Waals surface area contributed by atoms with Crippen molar-refractivity contribution in [2.24, 2.45) is 0 Å². The van der Waals surface area contributed by atoms with Crippen molar-refractivity contribution in [2.45, 2.75) is 46.0 Å². The molecule has 2 rings (SSSR count). The van der Waals surface area contributed by atoms with Gasteiger partial charge in [0.1, 0.15) is 5.00 Å². The zero-order chi connectivity index (χ0) is 21.2. The quantitative estimate of drug-likeness (QED) is 0.564. The Bertz CT molecular complexity index is 831. The van der Waals surface area contributed by atoms with Crippen LogP contribution in [0.5, 0.6) is 0 Å². The molecule has 1 aromatic heterocycles. The van der Waals surface area contributed by atoms with Gasteiger partial charge in [-0.2, -0.15) is 0 Å². The number of amides is 1. The van der Waals surface area contributed by atoms with E-state index in [-0.39, 0.29) is 37.2 Å². The van der Waals surface area contributed by atoms with Gasteiger partial charge in [-0.05, 0) is 31.9 Å². The molecular weight excluding hydrogens is 390 g/mol. The number of esters is 2. The summed E-state index contributed by atoms with van der Waals surface area (Å²) in [7, 11) is 0. The van der Waals surface area contributed by atoms with E-state index >= 15 is 0 Å². The maximum atomic E-state index is 12.4. The lowest BCUT2D eigenvalue weighted by Gasteiger charge is -2.09. The van der Waals surface area contributed by atoms with Crippen molar-refractivity contribution >= 4 is 34.2 Å². The first kappa shape index (κ1) is 22.6. The molecule has 0 saturated heterocycles. The second kappa shape index (κ2) is 11.4. The highest BCUT2D eigenvalue weighted by atomic mass is 32.1. The second-order valence-corrected chi connectivity index (χ2v) is 7.53. The van der Waals surface area contributed by atoms with E-state index < -0.39 is 5.97 Å². The molecular formula is C22H27NO5S. The number of hydrogen-bond acceptors (Lipinski definition) is 6. The minimum Gasteiger partial charge on any atom is -0.466 e. The fraction of sp³-hybridized carbons (Fsp3) is 0.409. The molecule has 2 aromatic rings. The van der Waals surface area contributed by atoms with Crippen molar-refractivity contribution < 1.29 is 23.9 Å². The molecule has 0 spiro atoms. The summed E-state index contributed by atoms with van der Waals surface area (Å²) >= 11 is 1.37. The summed E-state index contributed by atoms with van der Waals surface area (Å²) in [6, 6.07) is 11.7. The van der Waals surface area contributed by atoms with Gasteiger partial charge in [0.25, 0.3) is 0 Å². The van der Waals surface area contributed by atoms with Crippen molar-refractivity contribution in [3.8, 4) is 0 Å². The Kier molecular flexibility index (Phi) is 8.86. The molecule has 1 N–H and O–H groups in total. The van der Waals surface area contributed by atoms with Gasteiger partial charge in [0, 0.05) is 23.6 Å². The summed E-state index contributed by atoms with van der Waals surface area (Å²) < 4.78 is 10.0. The van der Waals surface area contributed by atoms with Crippen molar-refractivity contribution in [2.75, 3.05) is 18.5 Å². The van der Waals surface area contributed by atoms with E-state index in [0.717, 1.165) is 10.4 Å². The summed E-state index contributed by atoms with van der Waals surface area (Å²) in [6.45, 7) is 6.12. The molecule has 0 saturated carbocycles. The van der Waals surface area contributed by atoms with Crippen LogP contribution in [0.4, 0.5) is 5.00 Å². The largest absolute Gasteiger partial charge is 0.466 e. The van der Waals surface area contributed by atoms with Crippen LogP contribution in [0.25, 0.3) is 0 Å². The second-order valence-electron chi connectivity index (χ2n) is 6.45. The van der Waals surface area contributed by atoms with Crippen molar-refractivity contribution in [3.63, 3.8) is 0 Å². The van der Waals surface area contributed by atoms with Gasteiger partial charge in [-0.15, -0.1) is 11.3 Å². The van der Waals surface area contributed by atoms with Crippen LogP contribution in [0.1, 0.15) is 66.8 Å². The van der Waals surface area contributed by atoms with Crippen LogP contribution in [0.15, 0.2) is 36.4 Å². The average Bonchev–Trinajstić information content (AvgIpc) is 3.12. The zero-order valence-corrected chi connectivity index (χ0v) is 17.8. The number of rotatable bonds is 10. The molecule has 1 heterocycles. The Labute approximate surface area is 175 Å². The summed E-state index contributed by atoms with van der Waals surface area (Å²) in [5.74, 6) is -0.954. The van der Waals surface area contributed by atoms with E-state index in [1.54, 1.807) is 19.9 Å². The Hall–Kier alpha value is -2.67. The molecule has 29 heavy (non-hydrogen) atoms. The van der Waals surface area contributed by atoms with Gasteiger partial charge < -0.3 is 14.8 Å². The summed E-state index contributed by atoms with van der Waals surface area (Å²) in [4.78, 5) is 37.0. The molecule has 6 nitrogen and oxygen atoms in total. The number of carbonyl (C=O) groups is 3. The molecule has 0 fully saturated rings. The van der Waals surface area contributed by atoms with Gasteiger partial charge in [-0.25, -0.2) is 4.79 Å². The van der Waals surface area contributed by atoms with Crippen LogP contribution < -0.4 is 5.32 Å². The number of benzene rings is 1. The fourth-order valence-corrected chi connectivity index (χ4v) is 3.94. The lowest BCUT2D eigenvalue weighted by Crippen LogP contribution is -2.14. The number of carbonyl (C=O) groups excluding carboxylic acids is 3. The summed E-state index contributed by atoms with van der Waals surface area (Å²) in [5.41, 5.74) is 1.48. The van der Waals surface area contributed by atoms with Gasteiger partial charge in [-0.1, -0.05) is 37.3 Å². The topological polar surface area (TPSA) is 81.7 Å². The Morgan fingerprint density at radius 2 is 1.72 bits per heavy atom. The maximum Gasteiger partial charge on any atom is 0.341 e. The highest BCUT2D eigenvalue weighted by Gasteiger charge is 2.22. The lowest BCUT2D eigenvalue weighted by atomic mass is 9.99. The van der Waals surface area contributed by atoms with E-state index in [9.17, 15) is 14.4 Å². The third-order valence-electron chi connectivity index (χ3n) is 4.32. The van der Waals surface area contributed by atoms with Gasteiger partial charge in [-0.3, -0.25) is 9.59 Å². The maximum absolute atomic E-state index is 12.4. The van der Waals surface area contributed by atoms with Gasteiger partial charge >= 0.3 is 11.9 Å². The van der Waals surface area contributed by atoms with E-state index in [2.05, 4.69) is 12.2 Å². The van der Waals surface area contributed by atoms with E-state index in [4.69, 9.17) is 9.47 Å². The first-order valence-corrected chi connectivity index (χ1v) is 10.6. The van der Waals surface area contributed by atoms with Crippen LogP contribution in [0.3, 0.4) is 0 Å². The van der Waals surface area contributed by atoms with Crippen LogP contribution >= 0.6 is 11.3 Å². The molecule has 0 aliphatic rings. The normalized spacial score (nSPS) is 11.6. The predicted octanol–water partition coefficient (Wildman–Crippen LogP) is 4.75. The van der Waals surface area contributed by atoms with Crippen LogP contribution in [-0.2, 0) is 19.1 Å². The van der Waals surface area contributed by atoms with Gasteiger partial charge in [0.2, 0.25) is 5.91 Å². The third-order valence-corrected chi connectivity index (χ3v) is 5.55. The summed E-state index contributed by atoms with van der Waals surface area (Å²) in [6.07, 6.45) is 0.743. The molecule has 1 atom stereocenters. The molecule has 0 aliphatic carbocycles. The highest BCUT2D eigenvalue weighted by Crippen LogP contribution is 2.36. The molecule has 0 unspecified atom stereocenters. The number of nitrogens with one attached hydrogen (secondary N) is 1. The third kappa shape index (κ3) is 6.71. The SMILES string of the molecule is CCOC(=O)CCCC(=O)Nc1sc([C@@H](C)c2ccccc2)cc1C(=O)OCC. The number of thiophene rings is 1. The standard InChI is InChI=1S/C22H27NO5S/c1-4-27-20(25)13-9-12-19(24)23-21-17(22(26)28-5-2)14-18(29-21)15(3)16-10-7-6-8-11-16/h6-8,10-11,14-15H,4-5,9,12-13H2,1-3H3,(H,23,24)/t15-/m0/s1. The molecule has 0 aliphatic heterocycles.